The predicted octanol–water partition coefficient (Wildman–Crippen LogP) is 3.46. The summed E-state index contributed by atoms with van der Waals surface area (Å²) in [4.78, 5) is 1.22. The van der Waals surface area contributed by atoms with Gasteiger partial charge in [0.05, 0.1) is 6.10 Å². The number of hydrogen-bond donors (Lipinski definition) is 1. The van der Waals surface area contributed by atoms with E-state index in [1.165, 1.54) is 4.88 Å². The van der Waals surface area contributed by atoms with Crippen LogP contribution in [-0.2, 0) is 6.42 Å². The van der Waals surface area contributed by atoms with Crippen LogP contribution in [0.2, 0.25) is 0 Å². The molecule has 1 aromatic heterocycles. The number of aliphatic hydroxyl groups is 1. The Labute approximate surface area is 91.9 Å². The highest BCUT2D eigenvalue weighted by atomic mass is 79.9. The molecule has 1 atom stereocenters. The molecule has 1 unspecified atom stereocenters. The maximum atomic E-state index is 9.87. The lowest BCUT2D eigenvalue weighted by molar-refractivity contribution is 0.0642. The van der Waals surface area contributed by atoms with Crippen LogP contribution >= 0.6 is 27.3 Å². The van der Waals surface area contributed by atoms with Gasteiger partial charge in [0, 0.05) is 15.8 Å². The van der Waals surface area contributed by atoms with E-state index in [-0.39, 0.29) is 11.5 Å². The molecule has 0 bridgehead atoms. The average Bonchev–Trinajstić information content (AvgIpc) is 2.34. The molecule has 0 saturated heterocycles. The Morgan fingerprint density at radius 1 is 1.54 bits per heavy atom. The molecule has 0 aromatic carbocycles. The van der Waals surface area contributed by atoms with E-state index in [2.05, 4.69) is 36.7 Å². The van der Waals surface area contributed by atoms with E-state index in [0.29, 0.717) is 0 Å². The van der Waals surface area contributed by atoms with Gasteiger partial charge in [-0.05, 0) is 32.8 Å². The van der Waals surface area contributed by atoms with Gasteiger partial charge in [-0.25, -0.2) is 0 Å². The molecule has 0 aliphatic rings. The lowest BCUT2D eigenvalue weighted by atomic mass is 9.87. The van der Waals surface area contributed by atoms with E-state index in [0.717, 1.165) is 10.9 Å². The maximum absolute atomic E-state index is 9.87. The zero-order valence-corrected chi connectivity index (χ0v) is 10.6. The first-order valence-corrected chi connectivity index (χ1v) is 5.98. The SMILES string of the molecule is CC(C)(C)C(O)Cc1sccc1Br. The second-order valence-corrected chi connectivity index (χ2v) is 6.13. The van der Waals surface area contributed by atoms with Crippen molar-refractivity contribution in [2.24, 2.45) is 5.41 Å². The highest BCUT2D eigenvalue weighted by Crippen LogP contribution is 2.28. The second-order valence-electron chi connectivity index (χ2n) is 4.28. The fraction of sp³-hybridized carbons (Fsp3) is 0.600. The molecule has 0 amide bonds. The van der Waals surface area contributed by atoms with Gasteiger partial charge in [-0.2, -0.15) is 0 Å². The largest absolute Gasteiger partial charge is 0.392 e. The molecule has 0 spiro atoms. The molecule has 0 aliphatic heterocycles. The molecule has 1 aromatic rings. The lowest BCUT2D eigenvalue weighted by Crippen LogP contribution is -2.27. The molecule has 3 heteroatoms. The minimum atomic E-state index is -0.276. The summed E-state index contributed by atoms with van der Waals surface area (Å²) in [5, 5.41) is 11.9. The highest BCUT2D eigenvalue weighted by Gasteiger charge is 2.23. The molecule has 1 N–H and O–H groups in total. The van der Waals surface area contributed by atoms with E-state index >= 15 is 0 Å². The topological polar surface area (TPSA) is 20.2 Å². The normalized spacial score (nSPS) is 14.5. The van der Waals surface area contributed by atoms with Crippen molar-refractivity contribution < 1.29 is 5.11 Å². The Balaban J connectivity index is 2.65. The molecular formula is C10H15BrOS. The maximum Gasteiger partial charge on any atom is 0.0637 e. The van der Waals surface area contributed by atoms with Gasteiger partial charge in [0.2, 0.25) is 0 Å². The van der Waals surface area contributed by atoms with Crippen LogP contribution in [0.15, 0.2) is 15.9 Å². The number of aliphatic hydroxyl groups excluding tert-OH is 1. The van der Waals surface area contributed by atoms with Gasteiger partial charge in [0.1, 0.15) is 0 Å². The van der Waals surface area contributed by atoms with Crippen LogP contribution in [0.5, 0.6) is 0 Å². The van der Waals surface area contributed by atoms with Crippen molar-refractivity contribution in [2.45, 2.75) is 33.3 Å². The first-order chi connectivity index (χ1) is 5.91. The van der Waals surface area contributed by atoms with Crippen LogP contribution in [0.25, 0.3) is 0 Å². The van der Waals surface area contributed by atoms with Gasteiger partial charge < -0.3 is 5.11 Å². The van der Waals surface area contributed by atoms with Gasteiger partial charge >= 0.3 is 0 Å². The molecule has 1 nitrogen and oxygen atoms in total. The minimum Gasteiger partial charge on any atom is -0.392 e. The third-order valence-electron chi connectivity index (χ3n) is 2.07. The lowest BCUT2D eigenvalue weighted by Gasteiger charge is -2.25. The summed E-state index contributed by atoms with van der Waals surface area (Å²) < 4.78 is 1.11. The van der Waals surface area contributed by atoms with Crippen LogP contribution in [0.4, 0.5) is 0 Å². The number of rotatable bonds is 2. The third kappa shape index (κ3) is 3.08. The van der Waals surface area contributed by atoms with Crippen LogP contribution in [0.3, 0.4) is 0 Å². The van der Waals surface area contributed by atoms with Crippen molar-refractivity contribution in [3.8, 4) is 0 Å². The molecular weight excluding hydrogens is 248 g/mol. The standard InChI is InChI=1S/C10H15BrOS/c1-10(2,3)9(12)6-8-7(11)4-5-13-8/h4-5,9,12H,6H2,1-3H3. The molecule has 1 rings (SSSR count). The molecule has 0 aliphatic carbocycles. The number of halogens is 1. The van der Waals surface area contributed by atoms with Crippen LogP contribution < -0.4 is 0 Å². The Kier molecular flexibility index (Phi) is 3.55. The van der Waals surface area contributed by atoms with E-state index in [1.807, 2.05) is 11.4 Å². The smallest absolute Gasteiger partial charge is 0.0637 e. The highest BCUT2D eigenvalue weighted by molar-refractivity contribution is 9.10. The molecule has 0 fully saturated rings. The van der Waals surface area contributed by atoms with Gasteiger partial charge in [0.25, 0.3) is 0 Å². The van der Waals surface area contributed by atoms with Crippen molar-refractivity contribution in [1.29, 1.82) is 0 Å². The van der Waals surface area contributed by atoms with Crippen molar-refractivity contribution in [3.05, 3.63) is 20.8 Å². The summed E-state index contributed by atoms with van der Waals surface area (Å²) in [6.45, 7) is 6.16. The van der Waals surface area contributed by atoms with Gasteiger partial charge in [-0.15, -0.1) is 11.3 Å². The monoisotopic (exact) mass is 262 g/mol. The Hall–Kier alpha value is 0.140. The van der Waals surface area contributed by atoms with Crippen LogP contribution in [-0.4, -0.2) is 11.2 Å². The van der Waals surface area contributed by atoms with Crippen molar-refractivity contribution >= 4 is 27.3 Å². The Morgan fingerprint density at radius 3 is 2.54 bits per heavy atom. The first-order valence-electron chi connectivity index (χ1n) is 4.31. The number of thiophene rings is 1. The van der Waals surface area contributed by atoms with Gasteiger partial charge in [-0.3, -0.25) is 0 Å². The molecule has 1 heterocycles. The Bertz CT molecular complexity index is 275. The van der Waals surface area contributed by atoms with E-state index in [1.54, 1.807) is 11.3 Å². The number of hydrogen-bond acceptors (Lipinski definition) is 2. The summed E-state index contributed by atoms with van der Waals surface area (Å²) in [7, 11) is 0. The Morgan fingerprint density at radius 2 is 2.15 bits per heavy atom. The van der Waals surface area contributed by atoms with Gasteiger partial charge in [0.15, 0.2) is 0 Å². The van der Waals surface area contributed by atoms with E-state index in [4.69, 9.17) is 0 Å². The summed E-state index contributed by atoms with van der Waals surface area (Å²) in [6.07, 6.45) is 0.462. The summed E-state index contributed by atoms with van der Waals surface area (Å²) >= 11 is 5.15. The van der Waals surface area contributed by atoms with Gasteiger partial charge in [-0.1, -0.05) is 20.8 Å². The predicted molar refractivity (Wildman–Crippen MR) is 61.2 cm³/mol. The molecule has 0 saturated carbocycles. The summed E-state index contributed by atoms with van der Waals surface area (Å²) in [5.74, 6) is 0. The van der Waals surface area contributed by atoms with Crippen molar-refractivity contribution in [3.63, 3.8) is 0 Å². The van der Waals surface area contributed by atoms with Crippen LogP contribution in [0, 0.1) is 5.41 Å². The zero-order chi connectivity index (χ0) is 10.1. The molecule has 0 radical (unpaired) electrons. The van der Waals surface area contributed by atoms with Crippen molar-refractivity contribution in [1.82, 2.24) is 0 Å². The quantitative estimate of drug-likeness (QED) is 0.866. The molecule has 74 valence electrons. The third-order valence-corrected chi connectivity index (χ3v) is 4.02. The van der Waals surface area contributed by atoms with E-state index < -0.39 is 0 Å². The summed E-state index contributed by atoms with van der Waals surface area (Å²) in [6, 6.07) is 2.02. The fourth-order valence-electron chi connectivity index (χ4n) is 0.953. The molecule has 13 heavy (non-hydrogen) atoms. The summed E-state index contributed by atoms with van der Waals surface area (Å²) in [5.41, 5.74) is -0.0383. The first kappa shape index (κ1) is 11.2. The fourth-order valence-corrected chi connectivity index (χ4v) is 2.51. The average molecular weight is 263 g/mol. The van der Waals surface area contributed by atoms with Crippen LogP contribution in [0.1, 0.15) is 25.6 Å². The van der Waals surface area contributed by atoms with Crippen molar-refractivity contribution in [2.75, 3.05) is 0 Å². The second kappa shape index (κ2) is 4.11. The zero-order valence-electron chi connectivity index (χ0n) is 8.17. The van der Waals surface area contributed by atoms with E-state index in [9.17, 15) is 5.11 Å². The minimum absolute atomic E-state index is 0.0383.